The molecule has 0 N–H and O–H groups in total. The van der Waals surface area contributed by atoms with Crippen LogP contribution in [0.4, 0.5) is 0 Å². The van der Waals surface area contributed by atoms with E-state index >= 15 is 0 Å². The third-order valence-corrected chi connectivity index (χ3v) is 10.4. The summed E-state index contributed by atoms with van der Waals surface area (Å²) < 4.78 is 29.2. The number of nitriles is 1. The molecule has 2 aliphatic heterocycles. The van der Waals surface area contributed by atoms with Crippen molar-refractivity contribution in [2.24, 2.45) is 0 Å². The van der Waals surface area contributed by atoms with Crippen molar-refractivity contribution >= 4 is 49.0 Å². The molecule has 1 unspecified atom stereocenters. The largest absolute Gasteiger partial charge is 0.338 e. The number of piperidine rings is 2. The zero-order chi connectivity index (χ0) is 23.8. The second-order valence-electron chi connectivity index (χ2n) is 9.01. The fraction of sp³-hybridized carbons (Fsp3) is 0.565. The monoisotopic (exact) mass is 508 g/mol. The second-order valence-corrected chi connectivity index (χ2v) is 12.6. The Morgan fingerprint density at radius 1 is 1.21 bits per heavy atom. The Hall–Kier alpha value is -1.70. The van der Waals surface area contributed by atoms with Gasteiger partial charge in [0, 0.05) is 41.4 Å². The number of carbonyl (C=O) groups excluding carboxylic acids is 1. The average molecular weight is 509 g/mol. The van der Waals surface area contributed by atoms with Gasteiger partial charge in [-0.15, -0.1) is 11.3 Å². The van der Waals surface area contributed by atoms with Gasteiger partial charge in [-0.25, -0.2) is 8.42 Å². The standard InChI is InChI=1S/C23H29ClN4O3S2/c1-16(2)26-11-7-19(8-12-26)27-10-3-4-20(23(27)29)28(13-9-25)33(30,31)22-15-17-14-18(24)5-6-21(17)32-22/h5-6,14-16,19-20H,3-4,7-8,10-13H2,1-2H3. The van der Waals surface area contributed by atoms with Gasteiger partial charge >= 0.3 is 0 Å². The summed E-state index contributed by atoms with van der Waals surface area (Å²) in [5.41, 5.74) is 0. The van der Waals surface area contributed by atoms with Crippen molar-refractivity contribution in [1.29, 1.82) is 5.26 Å². The minimum atomic E-state index is -4.01. The quantitative estimate of drug-likeness (QED) is 0.552. The van der Waals surface area contributed by atoms with Crippen molar-refractivity contribution in [2.75, 3.05) is 26.2 Å². The van der Waals surface area contributed by atoms with Gasteiger partial charge in [-0.05, 0) is 69.2 Å². The zero-order valence-corrected chi connectivity index (χ0v) is 21.3. The van der Waals surface area contributed by atoms with Crippen molar-refractivity contribution in [1.82, 2.24) is 14.1 Å². The van der Waals surface area contributed by atoms with Crippen LogP contribution in [0.2, 0.25) is 5.02 Å². The van der Waals surface area contributed by atoms with Crippen LogP contribution in [0.5, 0.6) is 0 Å². The van der Waals surface area contributed by atoms with Crippen LogP contribution < -0.4 is 0 Å². The van der Waals surface area contributed by atoms with Crippen molar-refractivity contribution in [3.63, 3.8) is 0 Å². The first-order valence-electron chi connectivity index (χ1n) is 11.3. The van der Waals surface area contributed by atoms with Gasteiger partial charge in [-0.3, -0.25) is 4.79 Å². The summed E-state index contributed by atoms with van der Waals surface area (Å²) in [4.78, 5) is 17.8. The van der Waals surface area contributed by atoms with Gasteiger partial charge in [0.05, 0.1) is 6.07 Å². The van der Waals surface area contributed by atoms with Crippen LogP contribution in [-0.2, 0) is 14.8 Å². The Labute approximate surface area is 204 Å². The van der Waals surface area contributed by atoms with E-state index in [0.29, 0.717) is 24.0 Å². The molecular weight excluding hydrogens is 480 g/mol. The summed E-state index contributed by atoms with van der Waals surface area (Å²) in [7, 11) is -4.01. The molecule has 3 heterocycles. The molecule has 33 heavy (non-hydrogen) atoms. The Morgan fingerprint density at radius 2 is 1.94 bits per heavy atom. The highest BCUT2D eigenvalue weighted by molar-refractivity contribution is 7.91. The molecule has 178 valence electrons. The smallest absolute Gasteiger partial charge is 0.254 e. The number of nitrogens with zero attached hydrogens (tertiary/aromatic N) is 4. The van der Waals surface area contributed by atoms with Crippen molar-refractivity contribution in [3.05, 3.63) is 29.3 Å². The number of benzene rings is 1. The van der Waals surface area contributed by atoms with Crippen LogP contribution in [0.3, 0.4) is 0 Å². The van der Waals surface area contributed by atoms with E-state index in [2.05, 4.69) is 18.7 Å². The lowest BCUT2D eigenvalue weighted by Crippen LogP contribution is -2.58. The Bertz CT molecular complexity index is 1170. The summed E-state index contributed by atoms with van der Waals surface area (Å²) in [6.07, 6.45) is 2.93. The number of rotatable bonds is 6. The zero-order valence-electron chi connectivity index (χ0n) is 18.9. The number of carbonyl (C=O) groups is 1. The summed E-state index contributed by atoms with van der Waals surface area (Å²) >= 11 is 7.20. The lowest BCUT2D eigenvalue weighted by atomic mass is 9.96. The van der Waals surface area contributed by atoms with E-state index in [9.17, 15) is 18.5 Å². The molecule has 10 heteroatoms. The van der Waals surface area contributed by atoms with Gasteiger partial charge in [0.1, 0.15) is 16.8 Å². The maximum atomic E-state index is 13.6. The number of thiophene rings is 1. The predicted molar refractivity (Wildman–Crippen MR) is 131 cm³/mol. The molecule has 1 atom stereocenters. The first kappa shape index (κ1) is 24.4. The van der Waals surface area contributed by atoms with Crippen LogP contribution in [0.15, 0.2) is 28.5 Å². The molecular formula is C23H29ClN4O3S2. The fourth-order valence-electron chi connectivity index (χ4n) is 4.89. The van der Waals surface area contributed by atoms with Crippen molar-refractivity contribution < 1.29 is 13.2 Å². The predicted octanol–water partition coefficient (Wildman–Crippen LogP) is 3.93. The van der Waals surface area contributed by atoms with Crippen LogP contribution in [0.25, 0.3) is 10.1 Å². The van der Waals surface area contributed by atoms with E-state index < -0.39 is 16.1 Å². The lowest BCUT2D eigenvalue weighted by Gasteiger charge is -2.44. The first-order valence-corrected chi connectivity index (χ1v) is 14.0. The van der Waals surface area contributed by atoms with Crippen LogP contribution in [-0.4, -0.2) is 72.7 Å². The summed E-state index contributed by atoms with van der Waals surface area (Å²) in [6, 6.07) is 8.52. The minimum absolute atomic E-state index is 0.119. The molecule has 4 rings (SSSR count). The molecule has 2 aromatic rings. The SMILES string of the molecule is CC(C)N1CCC(N2CCCC(N(CC#N)S(=O)(=O)c3cc4cc(Cl)ccc4s3)C2=O)CC1. The normalized spacial score (nSPS) is 21.3. The number of amides is 1. The van der Waals surface area contributed by atoms with Crippen molar-refractivity contribution in [3.8, 4) is 6.07 Å². The maximum absolute atomic E-state index is 13.6. The Balaban J connectivity index is 1.58. The van der Waals surface area contributed by atoms with Crippen LogP contribution in [0, 0.1) is 11.3 Å². The molecule has 2 fully saturated rings. The van der Waals surface area contributed by atoms with E-state index in [1.807, 2.05) is 11.0 Å². The van der Waals surface area contributed by atoms with E-state index in [4.69, 9.17) is 11.6 Å². The van der Waals surface area contributed by atoms with Gasteiger partial charge in [0.2, 0.25) is 5.91 Å². The van der Waals surface area contributed by atoms with Gasteiger partial charge < -0.3 is 9.80 Å². The molecule has 0 radical (unpaired) electrons. The van der Waals surface area contributed by atoms with E-state index in [1.165, 1.54) is 0 Å². The highest BCUT2D eigenvalue weighted by Crippen LogP contribution is 2.35. The fourth-order valence-corrected chi connectivity index (χ4v) is 8.09. The van der Waals surface area contributed by atoms with E-state index in [1.54, 1.807) is 24.3 Å². The molecule has 1 amide bonds. The summed E-state index contributed by atoms with van der Waals surface area (Å²) in [6.45, 7) is 6.50. The molecule has 0 aliphatic carbocycles. The van der Waals surface area contributed by atoms with Gasteiger partial charge in [-0.2, -0.15) is 9.57 Å². The molecule has 2 aliphatic rings. The lowest BCUT2D eigenvalue weighted by molar-refractivity contribution is -0.141. The second kappa shape index (κ2) is 9.88. The summed E-state index contributed by atoms with van der Waals surface area (Å²) in [5.74, 6) is -0.174. The van der Waals surface area contributed by atoms with E-state index in [-0.39, 0.29) is 22.7 Å². The molecule has 0 bridgehead atoms. The summed E-state index contributed by atoms with van der Waals surface area (Å²) in [5, 5.41) is 10.7. The van der Waals surface area contributed by atoms with E-state index in [0.717, 1.165) is 58.1 Å². The average Bonchev–Trinajstić information content (AvgIpc) is 3.22. The van der Waals surface area contributed by atoms with Crippen molar-refractivity contribution in [2.45, 2.75) is 61.9 Å². The van der Waals surface area contributed by atoms with Gasteiger partial charge in [0.25, 0.3) is 10.0 Å². The van der Waals surface area contributed by atoms with Gasteiger partial charge in [-0.1, -0.05) is 11.6 Å². The number of halogens is 1. The topological polar surface area (TPSA) is 84.7 Å². The number of fused-ring (bicyclic) bond motifs is 1. The molecule has 0 spiro atoms. The number of likely N-dealkylation sites (tertiary alicyclic amines) is 2. The Morgan fingerprint density at radius 3 is 2.61 bits per heavy atom. The molecule has 2 saturated heterocycles. The minimum Gasteiger partial charge on any atom is -0.338 e. The third-order valence-electron chi connectivity index (χ3n) is 6.71. The molecule has 1 aromatic carbocycles. The highest BCUT2D eigenvalue weighted by atomic mass is 35.5. The molecule has 0 saturated carbocycles. The number of hydrogen-bond donors (Lipinski definition) is 0. The van der Waals surface area contributed by atoms with Crippen LogP contribution >= 0.6 is 22.9 Å². The van der Waals surface area contributed by atoms with Gasteiger partial charge in [0.15, 0.2) is 0 Å². The highest BCUT2D eigenvalue weighted by Gasteiger charge is 2.42. The molecule has 1 aromatic heterocycles. The maximum Gasteiger partial charge on any atom is 0.254 e. The number of hydrogen-bond acceptors (Lipinski definition) is 6. The van der Waals surface area contributed by atoms with Crippen LogP contribution in [0.1, 0.15) is 39.5 Å². The first-order chi connectivity index (χ1) is 15.7. The number of sulfonamides is 1. The molecule has 7 nitrogen and oxygen atoms in total. The Kier molecular flexibility index (Phi) is 7.32. The third kappa shape index (κ3) is 4.91.